The normalized spacial score (nSPS) is 44.8. The molecule has 0 amide bonds. The van der Waals surface area contributed by atoms with Crippen molar-refractivity contribution in [2.45, 2.75) is 57.2 Å². The second-order valence-electron chi connectivity index (χ2n) is 7.54. The Morgan fingerprint density at radius 3 is 2.90 bits per heavy atom. The molecule has 3 aliphatic carbocycles. The van der Waals surface area contributed by atoms with E-state index in [-0.39, 0.29) is 5.41 Å². The van der Waals surface area contributed by atoms with Crippen LogP contribution in [0.1, 0.15) is 49.7 Å². The third-order valence-electron chi connectivity index (χ3n) is 6.65. The summed E-state index contributed by atoms with van der Waals surface area (Å²) in [6.45, 7) is 2.09. The Morgan fingerprint density at radius 1 is 1.29 bits per heavy atom. The number of phenols is 1. The molecule has 1 aromatic carbocycles. The molecular weight excluding hydrogens is 267 g/mol. The standard InChI is InChI=1S/C18H23FO2/c1-18-7-6-13-12-5-3-11(20)8-10(12)2-4-14(13)15(18)9-16(19)17(18)21/h3,5,8,13-17,20-21H,2,4,6-7,9H2,1H3/t13-,14-,15+,16?,17+,18+/m1/s1. The van der Waals surface area contributed by atoms with E-state index in [1.54, 1.807) is 6.07 Å². The zero-order chi connectivity index (χ0) is 14.8. The minimum absolute atomic E-state index is 0.241. The number of fused-ring (bicyclic) bond motifs is 5. The molecule has 1 aromatic rings. The Kier molecular flexibility index (Phi) is 2.88. The van der Waals surface area contributed by atoms with E-state index in [0.717, 1.165) is 25.7 Å². The molecule has 0 aromatic heterocycles. The lowest BCUT2D eigenvalue weighted by molar-refractivity contribution is -0.0365. The molecule has 0 saturated heterocycles. The number of aliphatic hydroxyl groups is 1. The Balaban J connectivity index is 1.71. The maximum atomic E-state index is 14.1. The van der Waals surface area contributed by atoms with Crippen molar-refractivity contribution in [1.82, 2.24) is 0 Å². The van der Waals surface area contributed by atoms with E-state index in [0.29, 0.717) is 29.9 Å². The Bertz CT molecular complexity index is 572. The first-order valence-electron chi connectivity index (χ1n) is 8.14. The molecule has 2 nitrogen and oxygen atoms in total. The summed E-state index contributed by atoms with van der Waals surface area (Å²) in [6, 6.07) is 5.72. The molecule has 0 bridgehead atoms. The van der Waals surface area contributed by atoms with Gasteiger partial charge in [0.25, 0.3) is 0 Å². The van der Waals surface area contributed by atoms with Gasteiger partial charge in [-0.3, -0.25) is 0 Å². The fourth-order valence-corrected chi connectivity index (χ4v) is 5.51. The van der Waals surface area contributed by atoms with Crippen LogP contribution in [-0.4, -0.2) is 22.5 Å². The van der Waals surface area contributed by atoms with Crippen molar-refractivity contribution >= 4 is 0 Å². The molecule has 2 fully saturated rings. The molecule has 0 radical (unpaired) electrons. The van der Waals surface area contributed by atoms with Crippen molar-refractivity contribution in [3.63, 3.8) is 0 Å². The van der Waals surface area contributed by atoms with Crippen molar-refractivity contribution < 1.29 is 14.6 Å². The van der Waals surface area contributed by atoms with Crippen molar-refractivity contribution in [3.05, 3.63) is 29.3 Å². The predicted octanol–water partition coefficient (Wildman–Crippen LogP) is 3.56. The summed E-state index contributed by atoms with van der Waals surface area (Å²) in [7, 11) is 0. The number of benzene rings is 1. The van der Waals surface area contributed by atoms with Crippen molar-refractivity contribution in [2.24, 2.45) is 17.3 Å². The van der Waals surface area contributed by atoms with E-state index in [9.17, 15) is 14.6 Å². The molecule has 1 unspecified atom stereocenters. The summed E-state index contributed by atoms with van der Waals surface area (Å²) in [6.07, 6.45) is 2.63. The third kappa shape index (κ3) is 1.79. The molecule has 21 heavy (non-hydrogen) atoms. The van der Waals surface area contributed by atoms with Gasteiger partial charge in [-0.2, -0.15) is 0 Å². The largest absolute Gasteiger partial charge is 0.508 e. The minimum Gasteiger partial charge on any atom is -0.508 e. The lowest BCUT2D eigenvalue weighted by atomic mass is 9.55. The Labute approximate surface area is 125 Å². The van der Waals surface area contributed by atoms with Gasteiger partial charge in [0.1, 0.15) is 11.9 Å². The molecule has 114 valence electrons. The topological polar surface area (TPSA) is 40.5 Å². The van der Waals surface area contributed by atoms with Crippen LogP contribution in [0.15, 0.2) is 18.2 Å². The van der Waals surface area contributed by atoms with Gasteiger partial charge in [0.2, 0.25) is 0 Å². The second-order valence-corrected chi connectivity index (χ2v) is 7.54. The van der Waals surface area contributed by atoms with E-state index in [4.69, 9.17) is 0 Å². The molecule has 0 spiro atoms. The molecular formula is C18H23FO2. The maximum Gasteiger partial charge on any atom is 0.127 e. The zero-order valence-electron chi connectivity index (χ0n) is 12.4. The molecule has 0 aliphatic heterocycles. The summed E-state index contributed by atoms with van der Waals surface area (Å²) in [5.41, 5.74) is 2.37. The number of aliphatic hydroxyl groups excluding tert-OH is 1. The Hall–Kier alpha value is -1.09. The molecule has 3 heteroatoms. The van der Waals surface area contributed by atoms with Crippen LogP contribution in [0.3, 0.4) is 0 Å². The van der Waals surface area contributed by atoms with E-state index in [2.05, 4.69) is 13.0 Å². The fourth-order valence-electron chi connectivity index (χ4n) is 5.51. The van der Waals surface area contributed by atoms with Crippen LogP contribution in [0.5, 0.6) is 5.75 Å². The highest BCUT2D eigenvalue weighted by Crippen LogP contribution is 2.61. The van der Waals surface area contributed by atoms with Crippen molar-refractivity contribution in [3.8, 4) is 5.75 Å². The zero-order valence-corrected chi connectivity index (χ0v) is 12.4. The van der Waals surface area contributed by atoms with Crippen LogP contribution in [-0.2, 0) is 6.42 Å². The number of aryl methyl sites for hydroxylation is 1. The number of phenolic OH excluding ortho intramolecular Hbond substituents is 1. The SMILES string of the molecule is C[C@]12CC[C@@H]3c4ccc(O)cc4CC[C@H]3[C@@H]1CC(F)[C@@H]2O. The van der Waals surface area contributed by atoms with Crippen LogP contribution in [0.4, 0.5) is 4.39 Å². The summed E-state index contributed by atoms with van der Waals surface area (Å²) in [4.78, 5) is 0. The molecule has 2 saturated carbocycles. The van der Waals surface area contributed by atoms with Crippen LogP contribution < -0.4 is 0 Å². The highest BCUT2D eigenvalue weighted by atomic mass is 19.1. The van der Waals surface area contributed by atoms with Crippen LogP contribution >= 0.6 is 0 Å². The summed E-state index contributed by atoms with van der Waals surface area (Å²) < 4.78 is 14.1. The lowest BCUT2D eigenvalue weighted by Gasteiger charge is -2.49. The predicted molar refractivity (Wildman–Crippen MR) is 79.0 cm³/mol. The highest BCUT2D eigenvalue weighted by Gasteiger charge is 2.58. The van der Waals surface area contributed by atoms with Crippen LogP contribution in [0.25, 0.3) is 0 Å². The second kappa shape index (κ2) is 4.45. The third-order valence-corrected chi connectivity index (χ3v) is 6.65. The number of rotatable bonds is 0. The number of hydrogen-bond donors (Lipinski definition) is 2. The molecule has 2 N–H and O–H groups in total. The monoisotopic (exact) mass is 290 g/mol. The van der Waals surface area contributed by atoms with Gasteiger partial charge >= 0.3 is 0 Å². The van der Waals surface area contributed by atoms with E-state index >= 15 is 0 Å². The number of hydrogen-bond acceptors (Lipinski definition) is 2. The van der Waals surface area contributed by atoms with Gasteiger partial charge in [-0.05, 0) is 78.5 Å². The first kappa shape index (κ1) is 13.6. The Morgan fingerprint density at radius 2 is 2.10 bits per heavy atom. The van der Waals surface area contributed by atoms with Crippen molar-refractivity contribution in [2.75, 3.05) is 0 Å². The first-order valence-corrected chi connectivity index (χ1v) is 8.14. The quantitative estimate of drug-likeness (QED) is 0.767. The van der Waals surface area contributed by atoms with Gasteiger partial charge < -0.3 is 10.2 Å². The smallest absolute Gasteiger partial charge is 0.127 e. The van der Waals surface area contributed by atoms with E-state index in [1.165, 1.54) is 11.1 Å². The van der Waals surface area contributed by atoms with Crippen LogP contribution in [0, 0.1) is 17.3 Å². The lowest BCUT2D eigenvalue weighted by Crippen LogP contribution is -2.44. The minimum atomic E-state index is -1.06. The molecule has 6 atom stereocenters. The van der Waals surface area contributed by atoms with Crippen molar-refractivity contribution in [1.29, 1.82) is 0 Å². The van der Waals surface area contributed by atoms with E-state index in [1.807, 2.05) is 6.07 Å². The number of halogens is 1. The summed E-state index contributed by atoms with van der Waals surface area (Å²) in [5.74, 6) is 1.59. The fraction of sp³-hybridized carbons (Fsp3) is 0.667. The molecule has 4 rings (SSSR count). The van der Waals surface area contributed by atoms with Gasteiger partial charge in [-0.1, -0.05) is 13.0 Å². The van der Waals surface area contributed by atoms with Crippen LogP contribution in [0.2, 0.25) is 0 Å². The summed E-state index contributed by atoms with van der Waals surface area (Å²) >= 11 is 0. The van der Waals surface area contributed by atoms with Gasteiger partial charge in [0, 0.05) is 0 Å². The van der Waals surface area contributed by atoms with E-state index < -0.39 is 12.3 Å². The maximum absolute atomic E-state index is 14.1. The average molecular weight is 290 g/mol. The molecule has 0 heterocycles. The molecule has 3 aliphatic rings. The average Bonchev–Trinajstić information content (AvgIpc) is 2.70. The number of alkyl halides is 1. The number of aromatic hydroxyl groups is 1. The van der Waals surface area contributed by atoms with Gasteiger partial charge in [0.15, 0.2) is 0 Å². The first-order chi connectivity index (χ1) is 10.0. The van der Waals surface area contributed by atoms with Gasteiger partial charge in [-0.15, -0.1) is 0 Å². The van der Waals surface area contributed by atoms with Gasteiger partial charge in [0.05, 0.1) is 6.10 Å². The summed E-state index contributed by atoms with van der Waals surface area (Å²) in [5, 5.41) is 19.9. The highest BCUT2D eigenvalue weighted by molar-refractivity contribution is 5.40. The van der Waals surface area contributed by atoms with Gasteiger partial charge in [-0.25, -0.2) is 4.39 Å².